The van der Waals surface area contributed by atoms with Gasteiger partial charge in [0.05, 0.1) is 102 Å². The topological polar surface area (TPSA) is 223 Å². The normalized spacial score (nSPS) is 13.7. The van der Waals surface area contributed by atoms with E-state index in [9.17, 15) is 39.6 Å². The molecule has 0 amide bonds. The average Bonchev–Trinajstić information content (AvgIpc) is 3.22. The first-order chi connectivity index (χ1) is 28.9. The molecule has 4 aromatic carbocycles. The summed E-state index contributed by atoms with van der Waals surface area (Å²) in [6.45, 7) is 4.75. The molecule has 0 aliphatic carbocycles. The van der Waals surface area contributed by atoms with E-state index in [-0.39, 0.29) is 169 Å². The fourth-order valence-electron chi connectivity index (χ4n) is 6.33. The number of hydrogen-bond acceptors (Lipinski definition) is 16. The van der Waals surface area contributed by atoms with Gasteiger partial charge in [0, 0.05) is 44.5 Å². The Balaban J connectivity index is 1.58. The van der Waals surface area contributed by atoms with Crippen molar-refractivity contribution in [1.29, 1.82) is 0 Å². The Morgan fingerprint density at radius 3 is 0.650 bits per heavy atom. The van der Waals surface area contributed by atoms with Crippen LogP contribution in [0.25, 0.3) is 0 Å². The minimum absolute atomic E-state index is 0.0866. The number of aromatic hydroxyl groups is 4. The number of carbonyl (C=O) groups is 4. The molecule has 8 bridgehead atoms. The van der Waals surface area contributed by atoms with E-state index in [0.717, 1.165) is 0 Å². The van der Waals surface area contributed by atoms with Crippen LogP contribution < -0.4 is 0 Å². The van der Waals surface area contributed by atoms with Crippen LogP contribution in [-0.4, -0.2) is 70.7 Å². The van der Waals surface area contributed by atoms with E-state index in [1.165, 1.54) is 48.5 Å². The van der Waals surface area contributed by atoms with Gasteiger partial charge < -0.3 is 58.3 Å². The fourth-order valence-corrected chi connectivity index (χ4v) is 6.33. The number of ether oxygens (including phenoxy) is 8. The summed E-state index contributed by atoms with van der Waals surface area (Å²) >= 11 is 0. The Hall–Kier alpha value is -6.20. The lowest BCUT2D eigenvalue weighted by molar-refractivity contribution is 0.0515. The van der Waals surface area contributed by atoms with Gasteiger partial charge in [-0.3, -0.25) is 0 Å². The molecule has 60 heavy (non-hydrogen) atoms. The van der Waals surface area contributed by atoms with Crippen molar-refractivity contribution in [3.05, 3.63) is 115 Å². The molecule has 0 atom stereocenters. The maximum Gasteiger partial charge on any atom is 0.338 e. The molecule has 0 radical (unpaired) electrons. The predicted molar refractivity (Wildman–Crippen MR) is 210 cm³/mol. The van der Waals surface area contributed by atoms with Crippen LogP contribution in [0.2, 0.25) is 0 Å². The molecule has 0 saturated heterocycles. The highest BCUT2D eigenvalue weighted by Crippen LogP contribution is 2.33. The molecule has 5 rings (SSSR count). The van der Waals surface area contributed by atoms with Crippen LogP contribution in [-0.2, 0) is 90.7 Å². The van der Waals surface area contributed by atoms with Crippen molar-refractivity contribution < 1.29 is 77.5 Å². The quantitative estimate of drug-likeness (QED) is 0.111. The lowest BCUT2D eigenvalue weighted by Gasteiger charge is -2.17. The number of phenols is 4. The third-order valence-corrected chi connectivity index (χ3v) is 9.18. The van der Waals surface area contributed by atoms with E-state index in [1.54, 1.807) is 27.7 Å². The summed E-state index contributed by atoms with van der Waals surface area (Å²) in [5, 5.41) is 45.3. The molecular formula is C44H48O16. The molecule has 0 fully saturated rings. The summed E-state index contributed by atoms with van der Waals surface area (Å²) in [5.41, 5.74) is 1.78. The molecule has 1 aliphatic heterocycles. The number of benzene rings is 4. The standard InChI is InChI=1S/C44H48O16/c1-5-57-41(49)25-9-29-17-53-19-31-11-26(42(50)58-6-2)13-33(38(31)46)21-55-23-35-15-28(44(52)60-8-4)16-36(40(35)48)24-56-22-34-14-27(43(51)59-7-3)12-32(39(34)47)20-54-18-30(10-25)37(29)45/h9-16,45-48H,5-8,17-24H2,1-4H3. The van der Waals surface area contributed by atoms with Crippen LogP contribution in [0.1, 0.15) is 114 Å². The van der Waals surface area contributed by atoms with Gasteiger partial charge in [0.1, 0.15) is 23.0 Å². The summed E-state index contributed by atoms with van der Waals surface area (Å²) in [5.74, 6) is -3.70. The average molecular weight is 833 g/mol. The molecule has 1 aliphatic rings. The summed E-state index contributed by atoms with van der Waals surface area (Å²) in [4.78, 5) is 51.5. The van der Waals surface area contributed by atoms with Gasteiger partial charge in [-0.05, 0) is 76.2 Å². The van der Waals surface area contributed by atoms with Crippen LogP contribution >= 0.6 is 0 Å². The first-order valence-corrected chi connectivity index (χ1v) is 19.3. The highest BCUT2D eigenvalue weighted by molar-refractivity contribution is 5.92. The van der Waals surface area contributed by atoms with Crippen LogP contribution in [0, 0.1) is 0 Å². The zero-order valence-electron chi connectivity index (χ0n) is 33.8. The minimum atomic E-state index is -0.668. The van der Waals surface area contributed by atoms with Gasteiger partial charge in [0.2, 0.25) is 0 Å². The van der Waals surface area contributed by atoms with Crippen molar-refractivity contribution in [2.45, 2.75) is 80.6 Å². The van der Waals surface area contributed by atoms with Crippen molar-refractivity contribution in [2.75, 3.05) is 26.4 Å². The predicted octanol–water partition coefficient (Wildman–Crippen LogP) is 6.40. The number of carbonyl (C=O) groups excluding carboxylic acids is 4. The highest BCUT2D eigenvalue weighted by Gasteiger charge is 2.22. The van der Waals surface area contributed by atoms with Crippen LogP contribution in [0.3, 0.4) is 0 Å². The maximum absolute atomic E-state index is 12.9. The van der Waals surface area contributed by atoms with Gasteiger partial charge in [-0.25, -0.2) is 19.2 Å². The minimum Gasteiger partial charge on any atom is -0.507 e. The zero-order valence-corrected chi connectivity index (χ0v) is 33.8. The highest BCUT2D eigenvalue weighted by atomic mass is 16.5. The lowest BCUT2D eigenvalue weighted by Crippen LogP contribution is -2.10. The molecular weight excluding hydrogens is 784 g/mol. The molecule has 0 spiro atoms. The smallest absolute Gasteiger partial charge is 0.338 e. The Labute approximate surface area is 346 Å². The molecule has 4 aromatic rings. The van der Waals surface area contributed by atoms with Crippen molar-refractivity contribution in [2.24, 2.45) is 0 Å². The van der Waals surface area contributed by atoms with Gasteiger partial charge in [0.25, 0.3) is 0 Å². The van der Waals surface area contributed by atoms with Crippen molar-refractivity contribution >= 4 is 23.9 Å². The van der Waals surface area contributed by atoms with Gasteiger partial charge in [-0.2, -0.15) is 0 Å². The summed E-state index contributed by atoms with van der Waals surface area (Å²) in [6, 6.07) is 11.2. The molecule has 16 nitrogen and oxygen atoms in total. The molecule has 320 valence electrons. The molecule has 1 heterocycles. The largest absolute Gasteiger partial charge is 0.507 e. The number of phenolic OH excluding ortho intramolecular Hbond substituents is 4. The molecule has 0 aromatic heterocycles. The third-order valence-electron chi connectivity index (χ3n) is 9.18. The maximum atomic E-state index is 12.9. The van der Waals surface area contributed by atoms with E-state index in [4.69, 9.17) is 37.9 Å². The van der Waals surface area contributed by atoms with Gasteiger partial charge in [-0.1, -0.05) is 0 Å². The van der Waals surface area contributed by atoms with Crippen molar-refractivity contribution in [3.8, 4) is 23.0 Å². The second-order valence-corrected chi connectivity index (χ2v) is 13.4. The molecule has 16 heteroatoms. The van der Waals surface area contributed by atoms with Crippen molar-refractivity contribution in [3.63, 3.8) is 0 Å². The Morgan fingerprint density at radius 1 is 0.367 bits per heavy atom. The van der Waals surface area contributed by atoms with Crippen molar-refractivity contribution in [1.82, 2.24) is 0 Å². The summed E-state index contributed by atoms with van der Waals surface area (Å²) in [6.07, 6.45) is 0. The van der Waals surface area contributed by atoms with Crippen LogP contribution in [0.4, 0.5) is 0 Å². The SMILES string of the molecule is CCOC(=O)c1cc2c(O)c(c1)COCc1cc(C(=O)OCC)cc(c1O)COCc1cc(C(=O)OCC)cc(c1O)COCc1cc(C(=O)OCC)cc(c1O)COC2. The van der Waals surface area contributed by atoms with E-state index in [2.05, 4.69) is 0 Å². The number of hydrogen-bond donors (Lipinski definition) is 4. The van der Waals surface area contributed by atoms with Gasteiger partial charge in [-0.15, -0.1) is 0 Å². The van der Waals surface area contributed by atoms with Crippen LogP contribution in [0.15, 0.2) is 48.5 Å². The molecule has 0 unspecified atom stereocenters. The van der Waals surface area contributed by atoms with Crippen LogP contribution in [0.5, 0.6) is 23.0 Å². The Morgan fingerprint density at radius 2 is 0.517 bits per heavy atom. The number of esters is 4. The fraction of sp³-hybridized carbons (Fsp3) is 0.364. The van der Waals surface area contributed by atoms with Gasteiger partial charge in [0.15, 0.2) is 0 Å². The van der Waals surface area contributed by atoms with E-state index in [1.807, 2.05) is 0 Å². The number of fused-ring (bicyclic) bond motifs is 8. The zero-order chi connectivity index (χ0) is 43.3. The summed E-state index contributed by atoms with van der Waals surface area (Å²) < 4.78 is 44.5. The summed E-state index contributed by atoms with van der Waals surface area (Å²) in [7, 11) is 0. The molecule has 0 saturated carbocycles. The molecule has 4 N–H and O–H groups in total. The second kappa shape index (κ2) is 21.2. The Kier molecular flexibility index (Phi) is 15.8. The Bertz CT molecular complexity index is 1800. The monoisotopic (exact) mass is 832 g/mol. The third kappa shape index (κ3) is 11.1. The first kappa shape index (κ1) is 44.9. The van der Waals surface area contributed by atoms with E-state index >= 15 is 0 Å². The second-order valence-electron chi connectivity index (χ2n) is 13.4. The van der Waals surface area contributed by atoms with Gasteiger partial charge >= 0.3 is 23.9 Å². The first-order valence-electron chi connectivity index (χ1n) is 19.3. The lowest BCUT2D eigenvalue weighted by atomic mass is 10.0. The number of rotatable bonds is 8. The van der Waals surface area contributed by atoms with E-state index < -0.39 is 23.9 Å². The van der Waals surface area contributed by atoms with E-state index in [0.29, 0.717) is 0 Å².